The molecule has 0 fully saturated rings. The number of benzene rings is 1. The number of thiazole rings is 1. The maximum Gasteiger partial charge on any atom is 0.322 e. The van der Waals surface area contributed by atoms with Gasteiger partial charge < -0.3 is 25.0 Å². The molecule has 1 heterocycles. The number of ether oxygens (including phenoxy) is 2. The summed E-state index contributed by atoms with van der Waals surface area (Å²) in [6.45, 7) is 5.02. The molecule has 2 N–H and O–H groups in total. The molecule has 1 atom stereocenters. The van der Waals surface area contributed by atoms with Crippen LogP contribution in [0.3, 0.4) is 0 Å². The predicted molar refractivity (Wildman–Crippen MR) is 114 cm³/mol. The maximum atomic E-state index is 12.7. The first-order valence-corrected chi connectivity index (χ1v) is 10.3. The molecule has 0 unspecified atom stereocenters. The number of aromatic nitrogens is 1. The van der Waals surface area contributed by atoms with Gasteiger partial charge in [-0.2, -0.15) is 0 Å². The van der Waals surface area contributed by atoms with Gasteiger partial charge in [0.1, 0.15) is 16.5 Å². The van der Waals surface area contributed by atoms with Crippen LogP contribution in [0.25, 0.3) is 0 Å². The molecule has 29 heavy (non-hydrogen) atoms. The van der Waals surface area contributed by atoms with E-state index in [1.54, 1.807) is 48.8 Å². The topological polar surface area (TPSA) is 92.8 Å². The van der Waals surface area contributed by atoms with Crippen molar-refractivity contribution in [3.05, 3.63) is 40.3 Å². The molecule has 0 radical (unpaired) electrons. The fourth-order valence-corrected chi connectivity index (χ4v) is 3.17. The molecule has 1 aromatic heterocycles. The summed E-state index contributed by atoms with van der Waals surface area (Å²) in [5.74, 6) is 0.512. The summed E-state index contributed by atoms with van der Waals surface area (Å²) in [5, 5.41) is 8.14. The van der Waals surface area contributed by atoms with Crippen molar-refractivity contribution < 1.29 is 19.1 Å². The van der Waals surface area contributed by atoms with Crippen molar-refractivity contribution >= 4 is 29.0 Å². The van der Waals surface area contributed by atoms with Crippen molar-refractivity contribution in [2.24, 2.45) is 0 Å². The van der Waals surface area contributed by atoms with Crippen LogP contribution < -0.4 is 15.4 Å². The van der Waals surface area contributed by atoms with Crippen molar-refractivity contribution in [3.63, 3.8) is 0 Å². The third-order valence-corrected chi connectivity index (χ3v) is 5.13. The summed E-state index contributed by atoms with van der Waals surface area (Å²) in [7, 11) is 3.17. The first kappa shape index (κ1) is 22.6. The van der Waals surface area contributed by atoms with Crippen molar-refractivity contribution in [1.29, 1.82) is 0 Å². The molecule has 2 aromatic rings. The molecule has 0 spiro atoms. The standard InChI is InChI=1S/C20H28N4O4S/c1-5-14(2)21-19(25)17-13-29-18(23-17)12-24(10-11-27-3)20(26)22-15-6-8-16(28-4)9-7-15/h6-9,13-14H,5,10-12H2,1-4H3,(H,21,25)(H,22,26)/t14-/m1/s1. The highest BCUT2D eigenvalue weighted by molar-refractivity contribution is 7.09. The number of rotatable bonds is 10. The van der Waals surface area contributed by atoms with Crippen LogP contribution >= 0.6 is 11.3 Å². The van der Waals surface area contributed by atoms with Gasteiger partial charge in [-0.1, -0.05) is 6.92 Å². The van der Waals surface area contributed by atoms with Crippen LogP contribution in [0.2, 0.25) is 0 Å². The third kappa shape index (κ3) is 7.03. The van der Waals surface area contributed by atoms with Gasteiger partial charge in [0.15, 0.2) is 0 Å². The number of hydrogen-bond acceptors (Lipinski definition) is 6. The molecular formula is C20H28N4O4S. The number of urea groups is 1. The minimum Gasteiger partial charge on any atom is -0.497 e. The third-order valence-electron chi connectivity index (χ3n) is 4.29. The molecule has 0 aliphatic heterocycles. The second kappa shape index (κ2) is 11.4. The van der Waals surface area contributed by atoms with Crippen LogP contribution in [0.1, 0.15) is 35.8 Å². The second-order valence-electron chi connectivity index (χ2n) is 6.48. The quantitative estimate of drug-likeness (QED) is 0.615. The van der Waals surface area contributed by atoms with Crippen LogP contribution in [0, 0.1) is 0 Å². The normalized spacial score (nSPS) is 11.6. The lowest BCUT2D eigenvalue weighted by Crippen LogP contribution is -2.37. The van der Waals surface area contributed by atoms with E-state index in [9.17, 15) is 9.59 Å². The zero-order valence-electron chi connectivity index (χ0n) is 17.2. The highest BCUT2D eigenvalue weighted by atomic mass is 32.1. The van der Waals surface area contributed by atoms with E-state index in [0.29, 0.717) is 35.3 Å². The molecule has 1 aromatic carbocycles. The Morgan fingerprint density at radius 2 is 1.97 bits per heavy atom. The number of hydrogen-bond donors (Lipinski definition) is 2. The van der Waals surface area contributed by atoms with E-state index in [1.165, 1.54) is 11.3 Å². The Balaban J connectivity index is 2.03. The Kier molecular flexibility index (Phi) is 8.88. The lowest BCUT2D eigenvalue weighted by Gasteiger charge is -2.22. The van der Waals surface area contributed by atoms with Crippen LogP contribution in [0.5, 0.6) is 5.75 Å². The summed E-state index contributed by atoms with van der Waals surface area (Å²) in [6, 6.07) is 6.91. The number of amides is 3. The number of carbonyl (C=O) groups is 2. The maximum absolute atomic E-state index is 12.7. The zero-order chi connectivity index (χ0) is 21.2. The van der Waals surface area contributed by atoms with Gasteiger partial charge in [0.05, 0.1) is 20.3 Å². The summed E-state index contributed by atoms with van der Waals surface area (Å²) >= 11 is 1.35. The fraction of sp³-hybridized carbons (Fsp3) is 0.450. The average molecular weight is 421 g/mol. The van der Waals surface area contributed by atoms with E-state index in [4.69, 9.17) is 9.47 Å². The molecule has 9 heteroatoms. The van der Waals surface area contributed by atoms with Gasteiger partial charge in [-0.05, 0) is 37.6 Å². The lowest BCUT2D eigenvalue weighted by atomic mass is 10.2. The summed E-state index contributed by atoms with van der Waals surface area (Å²) in [4.78, 5) is 30.9. The summed E-state index contributed by atoms with van der Waals surface area (Å²) in [5.41, 5.74) is 1.03. The first-order valence-electron chi connectivity index (χ1n) is 9.41. The molecule has 0 aliphatic rings. The van der Waals surface area contributed by atoms with Crippen LogP contribution in [0.15, 0.2) is 29.6 Å². The van der Waals surface area contributed by atoms with Crippen LogP contribution in [-0.4, -0.2) is 55.2 Å². The number of carbonyl (C=O) groups excluding carboxylic acids is 2. The lowest BCUT2D eigenvalue weighted by molar-refractivity contribution is 0.0934. The van der Waals surface area contributed by atoms with Gasteiger partial charge in [0, 0.05) is 30.8 Å². The predicted octanol–water partition coefficient (Wildman–Crippen LogP) is 3.36. The van der Waals surface area contributed by atoms with Crippen LogP contribution in [0.4, 0.5) is 10.5 Å². The van der Waals surface area contributed by atoms with Gasteiger partial charge in [0.25, 0.3) is 5.91 Å². The minimum atomic E-state index is -0.270. The van der Waals surface area contributed by atoms with Gasteiger partial charge in [-0.15, -0.1) is 11.3 Å². The Morgan fingerprint density at radius 3 is 2.59 bits per heavy atom. The molecule has 3 amide bonds. The van der Waals surface area contributed by atoms with E-state index >= 15 is 0 Å². The van der Waals surface area contributed by atoms with Gasteiger partial charge in [0.2, 0.25) is 0 Å². The Labute approximate surface area is 175 Å². The average Bonchev–Trinajstić information content (AvgIpc) is 3.20. The minimum absolute atomic E-state index is 0.0844. The zero-order valence-corrected chi connectivity index (χ0v) is 18.0. The van der Waals surface area contributed by atoms with Crippen molar-refractivity contribution in [1.82, 2.24) is 15.2 Å². The Bertz CT molecular complexity index is 794. The van der Waals surface area contributed by atoms with Crippen molar-refractivity contribution in [3.8, 4) is 5.75 Å². The van der Waals surface area contributed by atoms with Gasteiger partial charge >= 0.3 is 6.03 Å². The molecule has 0 saturated heterocycles. The molecule has 8 nitrogen and oxygen atoms in total. The smallest absolute Gasteiger partial charge is 0.322 e. The number of nitrogens with one attached hydrogen (secondary N) is 2. The Hall–Kier alpha value is -2.65. The number of methoxy groups -OCH3 is 2. The molecule has 0 bridgehead atoms. The van der Waals surface area contributed by atoms with Crippen LogP contribution in [-0.2, 0) is 11.3 Å². The SMILES string of the molecule is CC[C@@H](C)NC(=O)c1csc(CN(CCOC)C(=O)Nc2ccc(OC)cc2)n1. The summed E-state index contributed by atoms with van der Waals surface area (Å²) in [6.07, 6.45) is 0.846. The molecule has 0 aliphatic carbocycles. The number of nitrogens with zero attached hydrogens (tertiary/aromatic N) is 2. The molecule has 0 saturated carbocycles. The van der Waals surface area contributed by atoms with E-state index in [2.05, 4.69) is 15.6 Å². The molecule has 2 rings (SSSR count). The monoisotopic (exact) mass is 420 g/mol. The molecular weight excluding hydrogens is 392 g/mol. The van der Waals surface area contributed by atoms with Gasteiger partial charge in [-0.25, -0.2) is 9.78 Å². The second-order valence-corrected chi connectivity index (χ2v) is 7.42. The molecule has 158 valence electrons. The number of anilines is 1. The van der Waals surface area contributed by atoms with E-state index < -0.39 is 0 Å². The fourth-order valence-electron chi connectivity index (χ4n) is 2.38. The highest BCUT2D eigenvalue weighted by Crippen LogP contribution is 2.17. The van der Waals surface area contributed by atoms with Crippen molar-refractivity contribution in [2.75, 3.05) is 32.7 Å². The van der Waals surface area contributed by atoms with E-state index in [1.807, 2.05) is 13.8 Å². The van der Waals surface area contributed by atoms with Crippen molar-refractivity contribution in [2.45, 2.75) is 32.9 Å². The van der Waals surface area contributed by atoms with E-state index in [0.717, 1.165) is 6.42 Å². The van der Waals surface area contributed by atoms with E-state index in [-0.39, 0.29) is 24.5 Å². The van der Waals surface area contributed by atoms with Gasteiger partial charge in [-0.3, -0.25) is 4.79 Å². The highest BCUT2D eigenvalue weighted by Gasteiger charge is 2.18. The Morgan fingerprint density at radius 1 is 1.24 bits per heavy atom. The first-order chi connectivity index (χ1) is 14.0. The largest absolute Gasteiger partial charge is 0.497 e. The summed E-state index contributed by atoms with van der Waals surface area (Å²) < 4.78 is 10.2.